The van der Waals surface area contributed by atoms with E-state index in [1.165, 1.54) is 0 Å². The number of rotatable bonds is 2. The molecule has 72 valence electrons. The molecule has 0 aliphatic rings. The minimum Gasteiger partial charge on any atom is -0.423 e. The van der Waals surface area contributed by atoms with Crippen LogP contribution >= 0.6 is 0 Å². The van der Waals surface area contributed by atoms with Gasteiger partial charge in [-0.2, -0.15) is 13.2 Å². The van der Waals surface area contributed by atoms with E-state index in [2.05, 4.69) is 0 Å². The van der Waals surface area contributed by atoms with Crippen LogP contribution in [0.15, 0.2) is 0 Å². The fourth-order valence-electron chi connectivity index (χ4n) is 0.349. The van der Waals surface area contributed by atoms with Crippen molar-refractivity contribution < 1.29 is 36.4 Å². The summed E-state index contributed by atoms with van der Waals surface area (Å²) in [5, 5.41) is 15.4. The Labute approximate surface area is 62.9 Å². The summed E-state index contributed by atoms with van der Waals surface area (Å²) in [5.74, 6) is -5.24. The minimum atomic E-state index is -5.81. The molecule has 0 aliphatic heterocycles. The Kier molecular flexibility index (Phi) is 3.02. The van der Waals surface area contributed by atoms with Gasteiger partial charge in [-0.3, -0.25) is 0 Å². The van der Waals surface area contributed by atoms with E-state index in [1.807, 2.05) is 0 Å². The predicted molar refractivity (Wildman–Crippen MR) is 26.1 cm³/mol. The van der Waals surface area contributed by atoms with Gasteiger partial charge in [0.25, 0.3) is 6.17 Å². The molecule has 0 aromatic heterocycles. The molecule has 1 unspecified atom stereocenters. The van der Waals surface area contributed by atoms with E-state index in [0.717, 1.165) is 0 Å². The zero-order chi connectivity index (χ0) is 10.2. The molecule has 12 heavy (non-hydrogen) atoms. The highest BCUT2D eigenvalue weighted by Crippen LogP contribution is 2.35. The maximum atomic E-state index is 11.8. The number of halogens is 6. The van der Waals surface area contributed by atoms with Crippen LogP contribution in [0.5, 0.6) is 0 Å². The predicted octanol–water partition coefficient (Wildman–Crippen LogP) is 0.534. The molecule has 0 bridgehead atoms. The SMILES string of the molecule is OB(O)C(F)(F)C(F)C(F)(F)F. The fourth-order valence-corrected chi connectivity index (χ4v) is 0.349. The van der Waals surface area contributed by atoms with E-state index >= 15 is 0 Å². The Bertz CT molecular complexity index is 155. The molecule has 0 spiro atoms. The lowest BCUT2D eigenvalue weighted by Crippen LogP contribution is -2.52. The summed E-state index contributed by atoms with van der Waals surface area (Å²) < 4.78 is 69.1. The minimum absolute atomic E-state index is 3.67. The van der Waals surface area contributed by atoms with E-state index in [0.29, 0.717) is 0 Å². The van der Waals surface area contributed by atoms with E-state index in [4.69, 9.17) is 10.0 Å². The summed E-state index contributed by atoms with van der Waals surface area (Å²) in [4.78, 5) is 0. The van der Waals surface area contributed by atoms with Crippen molar-refractivity contribution in [2.75, 3.05) is 0 Å². The molecule has 2 nitrogen and oxygen atoms in total. The standard InChI is InChI=1S/C3H3BF6O2/c5-1(3(8,9)10)2(6,7)4(11)12/h1,11-12H. The summed E-state index contributed by atoms with van der Waals surface area (Å²) >= 11 is 0. The molecular formula is C3H3BF6O2. The molecule has 0 radical (unpaired) electrons. The van der Waals surface area contributed by atoms with Gasteiger partial charge in [0.2, 0.25) is 0 Å². The third kappa shape index (κ3) is 2.27. The van der Waals surface area contributed by atoms with Gasteiger partial charge in [-0.05, 0) is 0 Å². The van der Waals surface area contributed by atoms with Crippen molar-refractivity contribution in [1.82, 2.24) is 0 Å². The molecule has 0 amide bonds. The van der Waals surface area contributed by atoms with E-state index < -0.39 is 25.3 Å². The van der Waals surface area contributed by atoms with Gasteiger partial charge in [0, 0.05) is 0 Å². The van der Waals surface area contributed by atoms with Gasteiger partial charge in [-0.25, -0.2) is 13.2 Å². The van der Waals surface area contributed by atoms with Crippen molar-refractivity contribution in [3.05, 3.63) is 0 Å². The summed E-state index contributed by atoms with van der Waals surface area (Å²) in [6, 6.07) is 0. The number of hydrogen-bond donors (Lipinski definition) is 2. The van der Waals surface area contributed by atoms with E-state index in [-0.39, 0.29) is 0 Å². The van der Waals surface area contributed by atoms with Gasteiger partial charge in [0.15, 0.2) is 0 Å². The van der Waals surface area contributed by atoms with Gasteiger partial charge >= 0.3 is 19.1 Å². The second-order valence-electron chi connectivity index (χ2n) is 1.95. The number of hydrogen-bond acceptors (Lipinski definition) is 2. The fraction of sp³-hybridized carbons (Fsp3) is 1.00. The lowest BCUT2D eigenvalue weighted by atomic mass is 9.78. The summed E-state index contributed by atoms with van der Waals surface area (Å²) in [6.45, 7) is 0. The van der Waals surface area contributed by atoms with Crippen LogP contribution in [0.1, 0.15) is 0 Å². The quantitative estimate of drug-likeness (QED) is 0.499. The van der Waals surface area contributed by atoms with Gasteiger partial charge in [0.05, 0.1) is 0 Å². The highest BCUT2D eigenvalue weighted by molar-refractivity contribution is 6.44. The first-order valence-electron chi connectivity index (χ1n) is 2.55. The van der Waals surface area contributed by atoms with Crippen LogP contribution < -0.4 is 0 Å². The maximum Gasteiger partial charge on any atom is 0.532 e. The molecule has 0 heterocycles. The molecule has 0 aliphatic carbocycles. The van der Waals surface area contributed by atoms with Crippen LogP contribution in [0.3, 0.4) is 0 Å². The summed E-state index contributed by atoms with van der Waals surface area (Å²) in [6.07, 6.45) is -10.4. The van der Waals surface area contributed by atoms with Crippen molar-refractivity contribution >= 4 is 7.12 Å². The number of alkyl halides is 6. The Morgan fingerprint density at radius 1 is 1.00 bits per heavy atom. The molecule has 0 fully saturated rings. The first-order chi connectivity index (χ1) is 5.10. The van der Waals surface area contributed by atoms with Crippen LogP contribution in [0.2, 0.25) is 0 Å². The molecule has 0 saturated carbocycles. The third-order valence-corrected chi connectivity index (χ3v) is 0.970. The Hall–Kier alpha value is -0.435. The van der Waals surface area contributed by atoms with Crippen LogP contribution in [-0.2, 0) is 0 Å². The molecule has 0 aromatic rings. The average Bonchev–Trinajstić information content (AvgIpc) is 1.83. The first kappa shape index (κ1) is 11.6. The molecule has 2 N–H and O–H groups in total. The Morgan fingerprint density at radius 3 is 1.42 bits per heavy atom. The largest absolute Gasteiger partial charge is 0.532 e. The highest BCUT2D eigenvalue weighted by atomic mass is 19.4. The Morgan fingerprint density at radius 2 is 1.33 bits per heavy atom. The zero-order valence-electron chi connectivity index (χ0n) is 5.32. The Balaban J connectivity index is 4.57. The molecule has 1 atom stereocenters. The smallest absolute Gasteiger partial charge is 0.423 e. The summed E-state index contributed by atoms with van der Waals surface area (Å²) in [7, 11) is -3.67. The average molecular weight is 196 g/mol. The molecule has 0 rings (SSSR count). The topological polar surface area (TPSA) is 40.5 Å². The van der Waals surface area contributed by atoms with Crippen LogP contribution in [0.25, 0.3) is 0 Å². The highest BCUT2D eigenvalue weighted by Gasteiger charge is 2.63. The third-order valence-electron chi connectivity index (χ3n) is 0.970. The molecular weight excluding hydrogens is 193 g/mol. The van der Waals surface area contributed by atoms with Crippen LogP contribution in [-0.4, -0.2) is 35.3 Å². The molecule has 9 heteroatoms. The van der Waals surface area contributed by atoms with Gasteiger partial charge < -0.3 is 10.0 Å². The van der Waals surface area contributed by atoms with Crippen molar-refractivity contribution in [1.29, 1.82) is 0 Å². The van der Waals surface area contributed by atoms with Crippen molar-refractivity contribution in [3.8, 4) is 0 Å². The van der Waals surface area contributed by atoms with Crippen molar-refractivity contribution in [2.24, 2.45) is 0 Å². The van der Waals surface area contributed by atoms with E-state index in [9.17, 15) is 26.3 Å². The normalized spacial score (nSPS) is 16.0. The van der Waals surface area contributed by atoms with Crippen LogP contribution in [0, 0.1) is 0 Å². The van der Waals surface area contributed by atoms with Gasteiger partial charge in [-0.15, -0.1) is 0 Å². The molecule has 0 aromatic carbocycles. The maximum absolute atomic E-state index is 11.8. The lowest BCUT2D eigenvalue weighted by molar-refractivity contribution is -0.228. The first-order valence-corrected chi connectivity index (χ1v) is 2.55. The second kappa shape index (κ2) is 3.13. The van der Waals surface area contributed by atoms with Crippen molar-refractivity contribution in [3.63, 3.8) is 0 Å². The van der Waals surface area contributed by atoms with Crippen molar-refractivity contribution in [2.45, 2.75) is 18.2 Å². The lowest BCUT2D eigenvalue weighted by Gasteiger charge is -2.21. The zero-order valence-corrected chi connectivity index (χ0v) is 5.32. The van der Waals surface area contributed by atoms with Gasteiger partial charge in [-0.1, -0.05) is 0 Å². The van der Waals surface area contributed by atoms with E-state index in [1.54, 1.807) is 0 Å². The molecule has 0 saturated heterocycles. The summed E-state index contributed by atoms with van der Waals surface area (Å²) in [5.41, 5.74) is 0. The van der Waals surface area contributed by atoms with Crippen LogP contribution in [0.4, 0.5) is 26.3 Å². The van der Waals surface area contributed by atoms with Gasteiger partial charge in [0.1, 0.15) is 0 Å². The monoisotopic (exact) mass is 196 g/mol. The second-order valence-corrected chi connectivity index (χ2v) is 1.95.